The summed E-state index contributed by atoms with van der Waals surface area (Å²) in [7, 11) is 1.41. The fourth-order valence-electron chi connectivity index (χ4n) is 2.06. The Morgan fingerprint density at radius 3 is 2.77 bits per heavy atom. The lowest BCUT2D eigenvalue weighted by molar-refractivity contribution is -0.143. The number of esters is 1. The number of hydrogen-bond acceptors (Lipinski definition) is 4. The van der Waals surface area contributed by atoms with Crippen molar-refractivity contribution in [3.63, 3.8) is 0 Å². The summed E-state index contributed by atoms with van der Waals surface area (Å²) >= 11 is 0. The van der Waals surface area contributed by atoms with Crippen molar-refractivity contribution in [1.29, 1.82) is 0 Å². The second kappa shape index (κ2) is 9.95. The molecule has 5 nitrogen and oxygen atoms in total. The van der Waals surface area contributed by atoms with Crippen LogP contribution in [0.1, 0.15) is 39.3 Å². The van der Waals surface area contributed by atoms with Crippen LogP contribution < -0.4 is 5.32 Å². The number of rotatable bonds is 9. The van der Waals surface area contributed by atoms with Gasteiger partial charge < -0.3 is 15.0 Å². The van der Waals surface area contributed by atoms with E-state index in [1.54, 1.807) is 12.5 Å². The molecule has 22 heavy (non-hydrogen) atoms. The van der Waals surface area contributed by atoms with Crippen LogP contribution in [0.3, 0.4) is 0 Å². The van der Waals surface area contributed by atoms with Gasteiger partial charge in [0.2, 0.25) is 0 Å². The van der Waals surface area contributed by atoms with Crippen molar-refractivity contribution in [3.8, 4) is 0 Å². The smallest absolute Gasteiger partial charge is 0.323 e. The maximum Gasteiger partial charge on any atom is 0.323 e. The van der Waals surface area contributed by atoms with Gasteiger partial charge in [-0.2, -0.15) is 0 Å². The number of aromatic nitrogens is 2. The zero-order chi connectivity index (χ0) is 16.4. The van der Waals surface area contributed by atoms with Crippen LogP contribution in [0.15, 0.2) is 35.8 Å². The highest BCUT2D eigenvalue weighted by Crippen LogP contribution is 2.06. The van der Waals surface area contributed by atoms with Crippen molar-refractivity contribution < 1.29 is 9.53 Å². The number of nitrogens with one attached hydrogen (secondary N) is 2. The molecule has 122 valence electrons. The van der Waals surface area contributed by atoms with E-state index in [2.05, 4.69) is 48.2 Å². The molecule has 0 spiro atoms. The first-order valence-corrected chi connectivity index (χ1v) is 7.60. The fourth-order valence-corrected chi connectivity index (χ4v) is 2.06. The number of nitrogens with zero attached hydrogens (tertiary/aromatic N) is 1. The molecular formula is C17H27N3O2. The molecule has 0 saturated carbocycles. The summed E-state index contributed by atoms with van der Waals surface area (Å²) in [6.07, 6.45) is 10.3. The van der Waals surface area contributed by atoms with Crippen molar-refractivity contribution >= 4 is 5.97 Å². The molecule has 0 bridgehead atoms. The molecule has 0 aliphatic carbocycles. The standard InChI is InChI=1S/C17H27N3O2/c1-13(2)6-5-7-14(3)8-9-19-16(17(21)22-4)10-15-11-18-12-20-15/h6,8,11-12,16,19H,5,7,9-10H2,1-4H3,(H,18,20). The lowest BCUT2D eigenvalue weighted by Crippen LogP contribution is -2.39. The topological polar surface area (TPSA) is 67.0 Å². The number of H-pyrrole nitrogens is 1. The molecule has 5 heteroatoms. The number of ether oxygens (including phenoxy) is 1. The summed E-state index contributed by atoms with van der Waals surface area (Å²) in [6.45, 7) is 6.98. The molecule has 1 heterocycles. The van der Waals surface area contributed by atoms with Gasteiger partial charge in [-0.25, -0.2) is 4.98 Å². The van der Waals surface area contributed by atoms with E-state index >= 15 is 0 Å². The Hall–Kier alpha value is -1.88. The summed E-state index contributed by atoms with van der Waals surface area (Å²) < 4.78 is 4.85. The molecule has 1 aromatic heterocycles. The van der Waals surface area contributed by atoms with E-state index in [1.165, 1.54) is 18.3 Å². The molecule has 0 saturated heterocycles. The molecule has 0 aliphatic rings. The van der Waals surface area contributed by atoms with E-state index in [-0.39, 0.29) is 12.0 Å². The van der Waals surface area contributed by atoms with Crippen molar-refractivity contribution in [1.82, 2.24) is 15.3 Å². The number of allylic oxidation sites excluding steroid dienone is 3. The molecule has 0 radical (unpaired) electrons. The van der Waals surface area contributed by atoms with Gasteiger partial charge in [-0.15, -0.1) is 0 Å². The van der Waals surface area contributed by atoms with Crippen molar-refractivity contribution in [2.24, 2.45) is 0 Å². The minimum atomic E-state index is -0.368. The predicted octanol–water partition coefficient (Wildman–Crippen LogP) is 2.78. The molecule has 0 fully saturated rings. The predicted molar refractivity (Wildman–Crippen MR) is 88.5 cm³/mol. The second-order valence-electron chi connectivity index (χ2n) is 5.64. The van der Waals surface area contributed by atoms with Gasteiger partial charge in [0.25, 0.3) is 0 Å². The molecule has 1 rings (SSSR count). The van der Waals surface area contributed by atoms with Crippen molar-refractivity contribution in [3.05, 3.63) is 41.5 Å². The van der Waals surface area contributed by atoms with Crippen LogP contribution in [-0.2, 0) is 16.0 Å². The summed E-state index contributed by atoms with van der Waals surface area (Å²) in [6, 6.07) is -0.368. The first-order valence-electron chi connectivity index (χ1n) is 7.60. The molecule has 1 unspecified atom stereocenters. The van der Waals surface area contributed by atoms with E-state index in [0.717, 1.165) is 18.5 Å². The van der Waals surface area contributed by atoms with E-state index < -0.39 is 0 Å². The van der Waals surface area contributed by atoms with Gasteiger partial charge in [0, 0.05) is 24.9 Å². The van der Waals surface area contributed by atoms with Gasteiger partial charge in [0.15, 0.2) is 0 Å². The highest BCUT2D eigenvalue weighted by Gasteiger charge is 2.19. The summed E-state index contributed by atoms with van der Waals surface area (Å²) in [5.74, 6) is -0.259. The minimum absolute atomic E-state index is 0.259. The molecule has 1 atom stereocenters. The van der Waals surface area contributed by atoms with Crippen LogP contribution in [0.4, 0.5) is 0 Å². The lowest BCUT2D eigenvalue weighted by atomic mass is 10.1. The number of methoxy groups -OCH3 is 1. The van der Waals surface area contributed by atoms with Gasteiger partial charge >= 0.3 is 5.97 Å². The van der Waals surface area contributed by atoms with Crippen molar-refractivity contribution in [2.75, 3.05) is 13.7 Å². The van der Waals surface area contributed by atoms with Gasteiger partial charge in [-0.3, -0.25) is 4.79 Å². The second-order valence-corrected chi connectivity index (χ2v) is 5.64. The molecule has 0 amide bonds. The highest BCUT2D eigenvalue weighted by atomic mass is 16.5. The third kappa shape index (κ3) is 7.22. The van der Waals surface area contributed by atoms with Crippen LogP contribution in [0.2, 0.25) is 0 Å². The van der Waals surface area contributed by atoms with Crippen LogP contribution >= 0.6 is 0 Å². The molecule has 1 aromatic rings. The Bertz CT molecular complexity index is 500. The molecule has 2 N–H and O–H groups in total. The summed E-state index contributed by atoms with van der Waals surface area (Å²) in [5, 5.41) is 3.22. The number of imidazole rings is 1. The first-order chi connectivity index (χ1) is 10.5. The first kappa shape index (κ1) is 18.2. The van der Waals surface area contributed by atoms with Gasteiger partial charge in [-0.1, -0.05) is 23.3 Å². The van der Waals surface area contributed by atoms with Gasteiger partial charge in [0.1, 0.15) is 6.04 Å². The number of hydrogen-bond donors (Lipinski definition) is 2. The summed E-state index contributed by atoms with van der Waals surface area (Å²) in [5.41, 5.74) is 3.57. The zero-order valence-corrected chi connectivity index (χ0v) is 14.0. The SMILES string of the molecule is COC(=O)C(Cc1cnc[nH]1)NCC=C(C)CCC=C(C)C. The van der Waals surface area contributed by atoms with Gasteiger partial charge in [0.05, 0.1) is 13.4 Å². The monoisotopic (exact) mass is 305 g/mol. The Morgan fingerprint density at radius 1 is 1.41 bits per heavy atom. The van der Waals surface area contributed by atoms with E-state index in [1.807, 2.05) is 0 Å². The Labute approximate surface area is 132 Å². The van der Waals surface area contributed by atoms with E-state index in [0.29, 0.717) is 13.0 Å². The maximum absolute atomic E-state index is 11.8. The third-order valence-corrected chi connectivity index (χ3v) is 3.37. The fraction of sp³-hybridized carbons (Fsp3) is 0.529. The number of carbonyl (C=O) groups excluding carboxylic acids is 1. The molecule has 0 aromatic carbocycles. The van der Waals surface area contributed by atoms with E-state index in [9.17, 15) is 4.79 Å². The minimum Gasteiger partial charge on any atom is -0.468 e. The average Bonchev–Trinajstić information content (AvgIpc) is 2.98. The Balaban J connectivity index is 2.45. The lowest BCUT2D eigenvalue weighted by Gasteiger charge is -2.14. The largest absolute Gasteiger partial charge is 0.468 e. The Morgan fingerprint density at radius 2 is 2.18 bits per heavy atom. The quantitative estimate of drug-likeness (QED) is 0.544. The van der Waals surface area contributed by atoms with Crippen LogP contribution in [0.5, 0.6) is 0 Å². The van der Waals surface area contributed by atoms with Crippen LogP contribution in [0.25, 0.3) is 0 Å². The normalized spacial score (nSPS) is 12.8. The van der Waals surface area contributed by atoms with E-state index in [4.69, 9.17) is 4.74 Å². The highest BCUT2D eigenvalue weighted by molar-refractivity contribution is 5.76. The average molecular weight is 305 g/mol. The molecule has 0 aliphatic heterocycles. The van der Waals surface area contributed by atoms with Crippen LogP contribution in [0, 0.1) is 0 Å². The number of carbonyl (C=O) groups is 1. The number of aromatic amines is 1. The molecular weight excluding hydrogens is 278 g/mol. The summed E-state index contributed by atoms with van der Waals surface area (Å²) in [4.78, 5) is 18.8. The zero-order valence-electron chi connectivity index (χ0n) is 14.0. The van der Waals surface area contributed by atoms with Crippen molar-refractivity contribution in [2.45, 2.75) is 46.1 Å². The Kier molecular flexibility index (Phi) is 8.22. The maximum atomic E-state index is 11.8. The third-order valence-electron chi connectivity index (χ3n) is 3.37. The van der Waals surface area contributed by atoms with Gasteiger partial charge in [-0.05, 0) is 33.6 Å². The van der Waals surface area contributed by atoms with Crippen LogP contribution in [-0.4, -0.2) is 35.6 Å².